The third-order valence-electron chi connectivity index (χ3n) is 3.32. The van der Waals surface area contributed by atoms with Crippen LogP contribution in [0, 0.1) is 0 Å². The van der Waals surface area contributed by atoms with Gasteiger partial charge in [-0.15, -0.1) is 6.58 Å². The Morgan fingerprint density at radius 1 is 1.38 bits per heavy atom. The molecule has 2 N–H and O–H groups in total. The number of hydrogen-bond acceptors (Lipinski definition) is 7. The van der Waals surface area contributed by atoms with Gasteiger partial charge in [-0.2, -0.15) is 4.98 Å². The molecule has 0 unspecified atom stereocenters. The van der Waals surface area contributed by atoms with Crippen LogP contribution in [-0.4, -0.2) is 49.4 Å². The Hall–Kier alpha value is -2.38. The number of aromatic nitrogens is 1. The monoisotopic (exact) mass is 361 g/mol. The number of hydrogen-bond donors (Lipinski definition) is 2. The molecule has 0 bridgehead atoms. The van der Waals surface area contributed by atoms with E-state index in [1.54, 1.807) is 7.11 Å². The molecule has 1 aliphatic rings. The first-order valence-electron chi connectivity index (χ1n) is 9.00. The Morgan fingerprint density at radius 3 is 2.69 bits per heavy atom. The summed E-state index contributed by atoms with van der Waals surface area (Å²) in [5.41, 5.74) is 1.58. The standard InChI is InChI=1S/C13H17N5O2.C4H8.C2H6/c1-19-7-6-18-8-14-12(15-9-18)17-13-16-10-4-2-3-5-11(10)20-13;1-3-4-2;1-2/h2-5H,6-9H2,1H3,(H2,14,15,16,17);3H,1,4H2,2H3;1-2H3. The highest BCUT2D eigenvalue weighted by atomic mass is 16.5. The van der Waals surface area contributed by atoms with E-state index >= 15 is 0 Å². The fourth-order valence-electron chi connectivity index (χ4n) is 1.94. The van der Waals surface area contributed by atoms with E-state index in [9.17, 15) is 0 Å². The van der Waals surface area contributed by atoms with Gasteiger partial charge in [0.15, 0.2) is 5.58 Å². The molecule has 1 aliphatic heterocycles. The van der Waals surface area contributed by atoms with Gasteiger partial charge in [0.25, 0.3) is 0 Å². The van der Waals surface area contributed by atoms with Crippen molar-refractivity contribution in [3.63, 3.8) is 0 Å². The molecule has 7 nitrogen and oxygen atoms in total. The van der Waals surface area contributed by atoms with Gasteiger partial charge < -0.3 is 14.5 Å². The van der Waals surface area contributed by atoms with Crippen LogP contribution >= 0.6 is 0 Å². The molecule has 0 fully saturated rings. The summed E-state index contributed by atoms with van der Waals surface area (Å²) < 4.78 is 10.6. The van der Waals surface area contributed by atoms with Crippen LogP contribution in [0.3, 0.4) is 0 Å². The number of guanidine groups is 1. The average Bonchev–Trinajstić information content (AvgIpc) is 3.11. The molecule has 3 rings (SSSR count). The smallest absolute Gasteiger partial charge is 0.302 e. The lowest BCUT2D eigenvalue weighted by molar-refractivity contribution is 0.145. The van der Waals surface area contributed by atoms with Crippen molar-refractivity contribution in [2.24, 2.45) is 4.99 Å². The number of anilines is 1. The fourth-order valence-corrected chi connectivity index (χ4v) is 1.94. The van der Waals surface area contributed by atoms with Crippen LogP contribution in [0.5, 0.6) is 0 Å². The number of allylic oxidation sites excluding steroid dienone is 1. The molecular weight excluding hydrogens is 330 g/mol. The van der Waals surface area contributed by atoms with Crippen molar-refractivity contribution in [2.75, 3.05) is 38.9 Å². The summed E-state index contributed by atoms with van der Waals surface area (Å²) in [6.45, 7) is 12.4. The van der Waals surface area contributed by atoms with Gasteiger partial charge in [-0.3, -0.25) is 10.2 Å². The van der Waals surface area contributed by atoms with Crippen molar-refractivity contribution in [1.29, 1.82) is 0 Å². The molecule has 2 heterocycles. The Balaban J connectivity index is 0.000000500. The van der Waals surface area contributed by atoms with E-state index in [4.69, 9.17) is 9.15 Å². The van der Waals surface area contributed by atoms with Gasteiger partial charge in [0, 0.05) is 13.7 Å². The lowest BCUT2D eigenvalue weighted by Gasteiger charge is -2.26. The zero-order valence-corrected chi connectivity index (χ0v) is 16.3. The number of nitrogens with zero attached hydrogens (tertiary/aromatic N) is 3. The van der Waals surface area contributed by atoms with Crippen LogP contribution in [0.4, 0.5) is 6.01 Å². The van der Waals surface area contributed by atoms with Crippen molar-refractivity contribution in [3.8, 4) is 0 Å². The number of nitrogens with one attached hydrogen (secondary N) is 2. The molecule has 0 aliphatic carbocycles. The number of ether oxygens (including phenoxy) is 1. The van der Waals surface area contributed by atoms with E-state index < -0.39 is 0 Å². The molecule has 0 atom stereocenters. The number of fused-ring (bicyclic) bond motifs is 1. The Kier molecular flexibility index (Phi) is 10.8. The van der Waals surface area contributed by atoms with Crippen molar-refractivity contribution in [1.82, 2.24) is 15.2 Å². The number of benzene rings is 1. The summed E-state index contributed by atoms with van der Waals surface area (Å²) in [7, 11) is 1.70. The second-order valence-corrected chi connectivity index (χ2v) is 5.18. The lowest BCUT2D eigenvalue weighted by atomic mass is 10.3. The summed E-state index contributed by atoms with van der Waals surface area (Å²) >= 11 is 0. The molecule has 0 saturated heterocycles. The van der Waals surface area contributed by atoms with Gasteiger partial charge in [0.2, 0.25) is 5.96 Å². The van der Waals surface area contributed by atoms with Crippen LogP contribution in [0.15, 0.2) is 46.3 Å². The third kappa shape index (κ3) is 7.25. The van der Waals surface area contributed by atoms with Gasteiger partial charge in [0.1, 0.15) is 5.52 Å². The molecule has 0 amide bonds. The number of oxazole rings is 1. The van der Waals surface area contributed by atoms with Crippen molar-refractivity contribution in [3.05, 3.63) is 36.9 Å². The highest BCUT2D eigenvalue weighted by molar-refractivity contribution is 5.93. The quantitative estimate of drug-likeness (QED) is 0.792. The summed E-state index contributed by atoms with van der Waals surface area (Å²) in [5, 5.41) is 6.23. The first-order valence-corrected chi connectivity index (χ1v) is 9.00. The maximum Gasteiger partial charge on any atom is 0.302 e. The zero-order valence-electron chi connectivity index (χ0n) is 16.3. The molecule has 0 spiro atoms. The van der Waals surface area contributed by atoms with Crippen LogP contribution in [0.25, 0.3) is 11.1 Å². The van der Waals surface area contributed by atoms with Gasteiger partial charge >= 0.3 is 6.01 Å². The number of rotatable bonds is 5. The van der Waals surface area contributed by atoms with Crippen molar-refractivity contribution >= 4 is 23.1 Å². The van der Waals surface area contributed by atoms with Crippen LogP contribution < -0.4 is 10.6 Å². The van der Waals surface area contributed by atoms with Crippen LogP contribution in [0.1, 0.15) is 27.2 Å². The van der Waals surface area contributed by atoms with Crippen molar-refractivity contribution in [2.45, 2.75) is 27.2 Å². The SMILES string of the molecule is C=CCC.CC.COCCN1CN=C(Nc2nc3ccccc3o2)NC1. The van der Waals surface area contributed by atoms with Gasteiger partial charge in [-0.25, -0.2) is 4.99 Å². The lowest BCUT2D eigenvalue weighted by Crippen LogP contribution is -2.46. The molecule has 1 aromatic carbocycles. The minimum absolute atomic E-state index is 0.447. The Bertz CT molecular complexity index is 636. The van der Waals surface area contributed by atoms with E-state index in [0.717, 1.165) is 30.7 Å². The minimum atomic E-state index is 0.447. The highest BCUT2D eigenvalue weighted by Gasteiger charge is 2.13. The summed E-state index contributed by atoms with van der Waals surface area (Å²) in [4.78, 5) is 10.9. The summed E-state index contributed by atoms with van der Waals surface area (Å²) in [6.07, 6.45) is 2.96. The first kappa shape index (κ1) is 21.7. The van der Waals surface area contributed by atoms with Crippen LogP contribution in [0.2, 0.25) is 0 Å². The van der Waals surface area contributed by atoms with Gasteiger partial charge in [-0.05, 0) is 18.6 Å². The van der Waals surface area contributed by atoms with E-state index in [2.05, 4.69) is 39.0 Å². The second-order valence-electron chi connectivity index (χ2n) is 5.18. The molecule has 0 saturated carbocycles. The zero-order chi connectivity index (χ0) is 19.2. The maximum absolute atomic E-state index is 5.59. The Labute approximate surface area is 156 Å². The molecule has 0 radical (unpaired) electrons. The fraction of sp³-hybridized carbons (Fsp3) is 0.474. The van der Waals surface area contributed by atoms with E-state index in [-0.39, 0.29) is 0 Å². The minimum Gasteiger partial charge on any atom is -0.423 e. The number of para-hydroxylation sites is 2. The van der Waals surface area contributed by atoms with E-state index in [0.29, 0.717) is 25.2 Å². The largest absolute Gasteiger partial charge is 0.423 e. The van der Waals surface area contributed by atoms with Gasteiger partial charge in [-0.1, -0.05) is 39.0 Å². The maximum atomic E-state index is 5.59. The second kappa shape index (κ2) is 12.9. The topological polar surface area (TPSA) is 74.9 Å². The normalized spacial score (nSPS) is 13.5. The van der Waals surface area contributed by atoms with Crippen LogP contribution in [-0.2, 0) is 4.74 Å². The van der Waals surface area contributed by atoms with Crippen molar-refractivity contribution < 1.29 is 9.15 Å². The average molecular weight is 361 g/mol. The highest BCUT2D eigenvalue weighted by Crippen LogP contribution is 2.17. The summed E-state index contributed by atoms with van der Waals surface area (Å²) in [6, 6.07) is 8.09. The Morgan fingerprint density at radius 2 is 2.12 bits per heavy atom. The molecule has 26 heavy (non-hydrogen) atoms. The molecule has 144 valence electrons. The first-order chi connectivity index (χ1) is 12.8. The molecular formula is C19H31N5O2. The predicted molar refractivity (Wildman–Crippen MR) is 108 cm³/mol. The third-order valence-corrected chi connectivity index (χ3v) is 3.32. The number of aliphatic imine (C=N–C) groups is 1. The van der Waals surface area contributed by atoms with E-state index in [1.807, 2.05) is 44.2 Å². The van der Waals surface area contributed by atoms with E-state index in [1.165, 1.54) is 0 Å². The molecule has 1 aromatic heterocycles. The summed E-state index contributed by atoms with van der Waals surface area (Å²) in [5.74, 6) is 0.672. The number of methoxy groups -OCH3 is 1. The molecule has 2 aromatic rings. The predicted octanol–water partition coefficient (Wildman–Crippen LogP) is 3.67. The van der Waals surface area contributed by atoms with Gasteiger partial charge in [0.05, 0.1) is 19.9 Å². The molecule has 7 heteroatoms.